The third-order valence-electron chi connectivity index (χ3n) is 4.15. The first-order valence-electron chi connectivity index (χ1n) is 7.51. The molecule has 1 aromatic carbocycles. The number of aliphatic hydroxyl groups is 1. The summed E-state index contributed by atoms with van der Waals surface area (Å²) in [5.74, 6) is 0.107. The molecule has 1 heterocycles. The highest BCUT2D eigenvalue weighted by Gasteiger charge is 2.33. The predicted molar refractivity (Wildman–Crippen MR) is 77.2 cm³/mol. The van der Waals surface area contributed by atoms with Crippen LogP contribution in [0.2, 0.25) is 0 Å². The van der Waals surface area contributed by atoms with Gasteiger partial charge in [-0.2, -0.15) is 0 Å². The Bertz CT molecular complexity index is 451. The number of hydrogen-bond donors (Lipinski definition) is 2. The summed E-state index contributed by atoms with van der Waals surface area (Å²) in [4.78, 5) is 14.8. The zero-order chi connectivity index (χ0) is 13.9. The van der Waals surface area contributed by atoms with Crippen LogP contribution < -0.4 is 5.32 Å². The van der Waals surface area contributed by atoms with Gasteiger partial charge in [-0.3, -0.25) is 9.69 Å². The molecule has 20 heavy (non-hydrogen) atoms. The van der Waals surface area contributed by atoms with Crippen molar-refractivity contribution in [3.63, 3.8) is 0 Å². The lowest BCUT2D eigenvalue weighted by Gasteiger charge is -2.35. The van der Waals surface area contributed by atoms with Crippen molar-refractivity contribution in [3.8, 4) is 0 Å². The van der Waals surface area contributed by atoms with Crippen LogP contribution in [0.3, 0.4) is 0 Å². The van der Waals surface area contributed by atoms with Crippen molar-refractivity contribution in [2.45, 2.75) is 43.9 Å². The van der Waals surface area contributed by atoms with Crippen molar-refractivity contribution in [1.82, 2.24) is 10.2 Å². The summed E-state index contributed by atoms with van der Waals surface area (Å²) < 4.78 is 0. The molecule has 2 fully saturated rings. The molecule has 0 unspecified atom stereocenters. The van der Waals surface area contributed by atoms with Crippen LogP contribution in [-0.2, 0) is 4.79 Å². The zero-order valence-electron chi connectivity index (χ0n) is 11.7. The summed E-state index contributed by atoms with van der Waals surface area (Å²) >= 11 is 0. The van der Waals surface area contributed by atoms with Gasteiger partial charge in [0.25, 0.3) is 0 Å². The largest absolute Gasteiger partial charge is 0.393 e. The van der Waals surface area contributed by atoms with E-state index in [4.69, 9.17) is 0 Å². The fraction of sp³-hybridized carbons (Fsp3) is 0.562. The third kappa shape index (κ3) is 3.19. The summed E-state index contributed by atoms with van der Waals surface area (Å²) in [6, 6.07) is 10.1. The Labute approximate surface area is 119 Å². The number of aliphatic hydroxyl groups excluding tert-OH is 1. The number of nitrogens with zero attached hydrogens (tertiary/aromatic N) is 1. The lowest BCUT2D eigenvalue weighted by molar-refractivity contribution is -0.127. The van der Waals surface area contributed by atoms with E-state index < -0.39 is 0 Å². The van der Waals surface area contributed by atoms with E-state index in [0.29, 0.717) is 6.04 Å². The number of carbonyl (C=O) groups is 1. The van der Waals surface area contributed by atoms with E-state index in [0.717, 1.165) is 44.3 Å². The highest BCUT2D eigenvalue weighted by atomic mass is 16.3. The minimum atomic E-state index is -0.218. The van der Waals surface area contributed by atoms with E-state index in [2.05, 4.69) is 10.2 Å². The van der Waals surface area contributed by atoms with E-state index >= 15 is 0 Å². The maximum Gasteiger partial charge on any atom is 0.242 e. The molecule has 4 nitrogen and oxygen atoms in total. The summed E-state index contributed by atoms with van der Waals surface area (Å²) in [5, 5.41) is 12.8. The monoisotopic (exact) mass is 274 g/mol. The van der Waals surface area contributed by atoms with Gasteiger partial charge in [-0.1, -0.05) is 30.3 Å². The van der Waals surface area contributed by atoms with Crippen LogP contribution in [0.4, 0.5) is 0 Å². The van der Waals surface area contributed by atoms with Crippen LogP contribution in [0.5, 0.6) is 0 Å². The molecular weight excluding hydrogens is 252 g/mol. The topological polar surface area (TPSA) is 52.6 Å². The second-order valence-corrected chi connectivity index (χ2v) is 5.86. The normalized spacial score (nSPS) is 22.4. The molecule has 108 valence electrons. The number of rotatable bonds is 4. The Morgan fingerprint density at radius 1 is 1.15 bits per heavy atom. The number of carbonyl (C=O) groups excluding carboxylic acids is 1. The molecule has 4 heteroatoms. The Kier molecular flexibility index (Phi) is 4.03. The Hall–Kier alpha value is -1.39. The number of benzene rings is 1. The molecule has 0 bridgehead atoms. The molecule has 1 aliphatic carbocycles. The van der Waals surface area contributed by atoms with Crippen LogP contribution in [0.1, 0.15) is 37.3 Å². The summed E-state index contributed by atoms with van der Waals surface area (Å²) in [7, 11) is 0. The van der Waals surface area contributed by atoms with E-state index in [1.54, 1.807) is 0 Å². The Morgan fingerprint density at radius 3 is 2.40 bits per heavy atom. The molecular formula is C16H22N2O2. The van der Waals surface area contributed by atoms with E-state index in [1.807, 2.05) is 30.3 Å². The molecule has 0 spiro atoms. The van der Waals surface area contributed by atoms with E-state index in [-0.39, 0.29) is 18.1 Å². The van der Waals surface area contributed by atoms with Gasteiger partial charge in [0.15, 0.2) is 0 Å². The van der Waals surface area contributed by atoms with Gasteiger partial charge in [-0.05, 0) is 31.2 Å². The van der Waals surface area contributed by atoms with Gasteiger partial charge in [0.2, 0.25) is 5.91 Å². The van der Waals surface area contributed by atoms with Gasteiger partial charge in [0.1, 0.15) is 6.04 Å². The smallest absolute Gasteiger partial charge is 0.242 e. The maximum atomic E-state index is 12.6. The number of amides is 1. The molecule has 2 aliphatic rings. The highest BCUT2D eigenvalue weighted by molar-refractivity contribution is 5.83. The highest BCUT2D eigenvalue weighted by Crippen LogP contribution is 2.27. The van der Waals surface area contributed by atoms with Crippen LogP contribution in [0.25, 0.3) is 0 Å². The van der Waals surface area contributed by atoms with Crippen molar-refractivity contribution in [2.24, 2.45) is 0 Å². The molecule has 3 rings (SSSR count). The summed E-state index contributed by atoms with van der Waals surface area (Å²) in [6.45, 7) is 1.55. The van der Waals surface area contributed by atoms with Gasteiger partial charge in [0.05, 0.1) is 6.10 Å². The van der Waals surface area contributed by atoms with E-state index in [9.17, 15) is 9.90 Å². The fourth-order valence-corrected chi connectivity index (χ4v) is 2.82. The zero-order valence-corrected chi connectivity index (χ0v) is 11.7. The molecule has 1 saturated heterocycles. The first-order valence-corrected chi connectivity index (χ1v) is 7.51. The van der Waals surface area contributed by atoms with Gasteiger partial charge >= 0.3 is 0 Å². The summed E-state index contributed by atoms with van der Waals surface area (Å²) in [6.07, 6.45) is 3.49. The van der Waals surface area contributed by atoms with Crippen LogP contribution >= 0.6 is 0 Å². The second kappa shape index (κ2) is 5.94. The predicted octanol–water partition coefficient (Wildman–Crippen LogP) is 1.46. The van der Waals surface area contributed by atoms with E-state index in [1.165, 1.54) is 0 Å². The summed E-state index contributed by atoms with van der Waals surface area (Å²) in [5.41, 5.74) is 1.04. The molecule has 1 atom stereocenters. The first-order chi connectivity index (χ1) is 9.74. The van der Waals surface area contributed by atoms with Crippen molar-refractivity contribution in [3.05, 3.63) is 35.9 Å². The third-order valence-corrected chi connectivity index (χ3v) is 4.15. The number of likely N-dealkylation sites (tertiary alicyclic amines) is 1. The number of piperidine rings is 1. The SMILES string of the molecule is O=C(NC1CC1)[C@H](c1ccccc1)N1CCC(O)CC1. The Morgan fingerprint density at radius 2 is 1.80 bits per heavy atom. The maximum absolute atomic E-state index is 12.6. The van der Waals surface area contributed by atoms with Crippen molar-refractivity contribution < 1.29 is 9.90 Å². The molecule has 1 amide bonds. The first kappa shape index (κ1) is 13.6. The molecule has 1 saturated carbocycles. The minimum absolute atomic E-state index is 0.107. The molecule has 2 N–H and O–H groups in total. The van der Waals surface area contributed by atoms with Crippen LogP contribution in [0, 0.1) is 0 Å². The van der Waals surface area contributed by atoms with Gasteiger partial charge in [0, 0.05) is 19.1 Å². The molecule has 1 aromatic rings. The van der Waals surface area contributed by atoms with Crippen LogP contribution in [0.15, 0.2) is 30.3 Å². The molecule has 0 aromatic heterocycles. The van der Waals surface area contributed by atoms with Gasteiger partial charge in [-0.15, -0.1) is 0 Å². The van der Waals surface area contributed by atoms with Gasteiger partial charge in [-0.25, -0.2) is 0 Å². The quantitative estimate of drug-likeness (QED) is 0.874. The Balaban J connectivity index is 1.77. The average molecular weight is 274 g/mol. The lowest BCUT2D eigenvalue weighted by atomic mass is 10.00. The standard InChI is InChI=1S/C16H22N2O2/c19-14-8-10-18(11-9-14)15(12-4-2-1-3-5-12)16(20)17-13-6-7-13/h1-5,13-15,19H,6-11H2,(H,17,20)/t15-/m0/s1. The van der Waals surface area contributed by atoms with Crippen molar-refractivity contribution in [2.75, 3.05) is 13.1 Å². The molecule has 0 radical (unpaired) electrons. The van der Waals surface area contributed by atoms with Crippen molar-refractivity contribution in [1.29, 1.82) is 0 Å². The fourth-order valence-electron chi connectivity index (χ4n) is 2.82. The average Bonchev–Trinajstić information content (AvgIpc) is 3.26. The number of hydrogen-bond acceptors (Lipinski definition) is 3. The number of nitrogens with one attached hydrogen (secondary N) is 1. The van der Waals surface area contributed by atoms with Crippen LogP contribution in [-0.4, -0.2) is 41.1 Å². The lowest BCUT2D eigenvalue weighted by Crippen LogP contribution is -2.45. The molecule has 1 aliphatic heterocycles. The minimum Gasteiger partial charge on any atom is -0.393 e. The second-order valence-electron chi connectivity index (χ2n) is 5.86. The van der Waals surface area contributed by atoms with Gasteiger partial charge < -0.3 is 10.4 Å². The van der Waals surface area contributed by atoms with Crippen molar-refractivity contribution >= 4 is 5.91 Å².